The van der Waals surface area contributed by atoms with Crippen molar-refractivity contribution in [3.05, 3.63) is 53.7 Å². The maximum absolute atomic E-state index is 12.0. The van der Waals surface area contributed by atoms with E-state index in [1.807, 2.05) is 24.3 Å². The zero-order chi connectivity index (χ0) is 16.7. The first-order chi connectivity index (χ1) is 11.1. The lowest BCUT2D eigenvalue weighted by molar-refractivity contribution is 0.0943. The third-order valence-electron chi connectivity index (χ3n) is 3.48. The predicted molar refractivity (Wildman–Crippen MR) is 92.4 cm³/mol. The van der Waals surface area contributed by atoms with Crippen LogP contribution in [-0.4, -0.2) is 29.2 Å². The second-order valence-electron chi connectivity index (χ2n) is 5.88. The third-order valence-corrected chi connectivity index (χ3v) is 3.48. The molecule has 1 aromatic heterocycles. The van der Waals surface area contributed by atoms with E-state index in [4.69, 9.17) is 0 Å². The molecule has 2 rings (SSSR count). The van der Waals surface area contributed by atoms with Crippen LogP contribution < -0.4 is 10.2 Å². The summed E-state index contributed by atoms with van der Waals surface area (Å²) in [5.41, 5.74) is 1.57. The topological polar surface area (TPSA) is 58.1 Å². The van der Waals surface area contributed by atoms with Crippen molar-refractivity contribution in [1.29, 1.82) is 0 Å². The summed E-state index contributed by atoms with van der Waals surface area (Å²) in [5.74, 6) is 1.01. The Morgan fingerprint density at radius 3 is 2.43 bits per heavy atom. The number of benzene rings is 1. The lowest BCUT2D eigenvalue weighted by atomic mass is 10.2. The first-order valence-electron chi connectivity index (χ1n) is 8.01. The molecular formula is C18H24N4O. The highest BCUT2D eigenvalue weighted by Gasteiger charge is 2.11. The number of nitrogens with one attached hydrogen (secondary N) is 1. The van der Waals surface area contributed by atoms with Crippen LogP contribution in [-0.2, 0) is 6.54 Å². The van der Waals surface area contributed by atoms with Crippen molar-refractivity contribution in [2.45, 2.75) is 27.3 Å². The van der Waals surface area contributed by atoms with Crippen molar-refractivity contribution in [2.75, 3.05) is 18.0 Å². The zero-order valence-corrected chi connectivity index (χ0v) is 14.0. The van der Waals surface area contributed by atoms with E-state index in [9.17, 15) is 4.79 Å². The van der Waals surface area contributed by atoms with E-state index in [1.54, 1.807) is 6.07 Å². The fourth-order valence-electron chi connectivity index (χ4n) is 2.16. The Morgan fingerprint density at radius 2 is 1.87 bits per heavy atom. The second-order valence-corrected chi connectivity index (χ2v) is 5.88. The molecule has 5 nitrogen and oxygen atoms in total. The van der Waals surface area contributed by atoms with E-state index >= 15 is 0 Å². The second kappa shape index (κ2) is 8.27. The van der Waals surface area contributed by atoms with Crippen LogP contribution in [0.3, 0.4) is 0 Å². The van der Waals surface area contributed by atoms with Crippen LogP contribution in [0.4, 0.5) is 5.82 Å². The van der Waals surface area contributed by atoms with Crippen LogP contribution in [0, 0.1) is 5.92 Å². The van der Waals surface area contributed by atoms with Crippen molar-refractivity contribution >= 4 is 11.7 Å². The zero-order valence-electron chi connectivity index (χ0n) is 14.0. The number of carbonyl (C=O) groups is 1. The number of amides is 1. The summed E-state index contributed by atoms with van der Waals surface area (Å²) in [6.07, 6.45) is 0. The first-order valence-corrected chi connectivity index (χ1v) is 8.01. The lowest BCUT2D eigenvalue weighted by Gasteiger charge is -2.21. The Morgan fingerprint density at radius 1 is 1.13 bits per heavy atom. The molecule has 0 aliphatic carbocycles. The Hall–Kier alpha value is -2.43. The molecule has 1 heterocycles. The van der Waals surface area contributed by atoms with E-state index in [2.05, 4.69) is 53.3 Å². The summed E-state index contributed by atoms with van der Waals surface area (Å²) in [4.78, 5) is 14.1. The highest BCUT2D eigenvalue weighted by Crippen LogP contribution is 2.13. The fourth-order valence-corrected chi connectivity index (χ4v) is 2.16. The van der Waals surface area contributed by atoms with Gasteiger partial charge in [0.05, 0.1) is 0 Å². The van der Waals surface area contributed by atoms with Gasteiger partial charge in [0.15, 0.2) is 11.5 Å². The Bertz CT molecular complexity index is 611. The molecule has 0 aliphatic heterocycles. The summed E-state index contributed by atoms with van der Waals surface area (Å²) in [6, 6.07) is 13.8. The van der Waals surface area contributed by atoms with Gasteiger partial charge in [0.25, 0.3) is 5.91 Å². The predicted octanol–water partition coefficient (Wildman–Crippen LogP) is 2.89. The van der Waals surface area contributed by atoms with Gasteiger partial charge in [-0.15, -0.1) is 10.2 Å². The molecule has 1 amide bonds. The summed E-state index contributed by atoms with van der Waals surface area (Å²) in [6.45, 7) is 8.41. The molecule has 0 spiro atoms. The van der Waals surface area contributed by atoms with Gasteiger partial charge in [-0.1, -0.05) is 44.2 Å². The molecule has 0 bridgehead atoms. The largest absolute Gasteiger partial charge is 0.351 e. The monoisotopic (exact) mass is 312 g/mol. The van der Waals surface area contributed by atoms with Gasteiger partial charge >= 0.3 is 0 Å². The van der Waals surface area contributed by atoms with E-state index in [0.717, 1.165) is 18.9 Å². The number of anilines is 1. The highest BCUT2D eigenvalue weighted by atomic mass is 16.1. The van der Waals surface area contributed by atoms with Crippen molar-refractivity contribution in [3.8, 4) is 0 Å². The molecule has 0 radical (unpaired) electrons. The normalized spacial score (nSPS) is 10.6. The van der Waals surface area contributed by atoms with Crippen LogP contribution in [0.25, 0.3) is 0 Å². The van der Waals surface area contributed by atoms with Gasteiger partial charge in [-0.2, -0.15) is 0 Å². The molecule has 5 heteroatoms. The molecule has 122 valence electrons. The maximum Gasteiger partial charge on any atom is 0.271 e. The van der Waals surface area contributed by atoms with Crippen LogP contribution >= 0.6 is 0 Å². The Labute approximate surface area is 137 Å². The Balaban J connectivity index is 2.03. The third kappa shape index (κ3) is 5.06. The maximum atomic E-state index is 12.0. The van der Waals surface area contributed by atoms with Gasteiger partial charge in [0, 0.05) is 19.6 Å². The minimum absolute atomic E-state index is 0.177. The SMILES string of the molecule is CCN(Cc1ccccc1)c1ccc(C(=O)NCC(C)C)nn1. The van der Waals surface area contributed by atoms with E-state index in [-0.39, 0.29) is 5.91 Å². The Kier molecular flexibility index (Phi) is 6.09. The smallest absolute Gasteiger partial charge is 0.271 e. The molecule has 2 aromatic rings. The number of carbonyl (C=O) groups excluding carboxylic acids is 1. The average Bonchev–Trinajstić information content (AvgIpc) is 2.58. The lowest BCUT2D eigenvalue weighted by Crippen LogP contribution is -2.29. The fraction of sp³-hybridized carbons (Fsp3) is 0.389. The molecule has 0 atom stereocenters. The average molecular weight is 312 g/mol. The standard InChI is InChI=1S/C18H24N4O/c1-4-22(13-15-8-6-5-7-9-15)17-11-10-16(20-21-17)18(23)19-12-14(2)3/h5-11,14H,4,12-13H2,1-3H3,(H,19,23). The number of rotatable bonds is 7. The number of nitrogens with zero attached hydrogens (tertiary/aromatic N) is 3. The number of hydrogen-bond donors (Lipinski definition) is 1. The molecule has 0 unspecified atom stereocenters. The van der Waals surface area contributed by atoms with E-state index in [0.29, 0.717) is 18.2 Å². The van der Waals surface area contributed by atoms with Crippen molar-refractivity contribution in [2.24, 2.45) is 5.92 Å². The quantitative estimate of drug-likeness (QED) is 0.854. The molecule has 1 N–H and O–H groups in total. The van der Waals surface area contributed by atoms with Crippen molar-refractivity contribution < 1.29 is 4.79 Å². The molecule has 0 saturated carbocycles. The highest BCUT2D eigenvalue weighted by molar-refractivity contribution is 5.92. The molecule has 23 heavy (non-hydrogen) atoms. The van der Waals surface area contributed by atoms with E-state index in [1.165, 1.54) is 5.56 Å². The molecule has 1 aromatic carbocycles. The van der Waals surface area contributed by atoms with Crippen molar-refractivity contribution in [3.63, 3.8) is 0 Å². The van der Waals surface area contributed by atoms with Crippen LogP contribution in [0.2, 0.25) is 0 Å². The van der Waals surface area contributed by atoms with Crippen LogP contribution in [0.5, 0.6) is 0 Å². The van der Waals surface area contributed by atoms with Crippen LogP contribution in [0.15, 0.2) is 42.5 Å². The first kappa shape index (κ1) is 16.9. The van der Waals surface area contributed by atoms with Gasteiger partial charge in [-0.05, 0) is 30.5 Å². The minimum atomic E-state index is -0.177. The number of hydrogen-bond acceptors (Lipinski definition) is 4. The minimum Gasteiger partial charge on any atom is -0.351 e. The van der Waals surface area contributed by atoms with Gasteiger partial charge < -0.3 is 10.2 Å². The van der Waals surface area contributed by atoms with Gasteiger partial charge in [0.2, 0.25) is 0 Å². The number of aromatic nitrogens is 2. The summed E-state index contributed by atoms with van der Waals surface area (Å²) < 4.78 is 0. The van der Waals surface area contributed by atoms with Gasteiger partial charge in [-0.25, -0.2) is 0 Å². The van der Waals surface area contributed by atoms with Crippen molar-refractivity contribution in [1.82, 2.24) is 15.5 Å². The molecule has 0 saturated heterocycles. The van der Waals surface area contributed by atoms with Gasteiger partial charge in [0.1, 0.15) is 0 Å². The van der Waals surface area contributed by atoms with E-state index < -0.39 is 0 Å². The summed E-state index contributed by atoms with van der Waals surface area (Å²) >= 11 is 0. The summed E-state index contributed by atoms with van der Waals surface area (Å²) in [7, 11) is 0. The van der Waals surface area contributed by atoms with Gasteiger partial charge in [-0.3, -0.25) is 4.79 Å². The molecule has 0 aliphatic rings. The van der Waals surface area contributed by atoms with Crippen LogP contribution in [0.1, 0.15) is 36.8 Å². The summed E-state index contributed by atoms with van der Waals surface area (Å²) in [5, 5.41) is 11.1. The molecular weight excluding hydrogens is 288 g/mol. The molecule has 0 fully saturated rings.